The van der Waals surface area contributed by atoms with Gasteiger partial charge in [0.25, 0.3) is 5.91 Å². The van der Waals surface area contributed by atoms with Gasteiger partial charge in [0.15, 0.2) is 0 Å². The molecule has 0 bridgehead atoms. The lowest BCUT2D eigenvalue weighted by atomic mass is 9.64. The van der Waals surface area contributed by atoms with Crippen LogP contribution in [0.4, 0.5) is 17.5 Å². The van der Waals surface area contributed by atoms with Crippen molar-refractivity contribution < 1.29 is 14.4 Å². The summed E-state index contributed by atoms with van der Waals surface area (Å²) in [7, 11) is 5.34. The van der Waals surface area contributed by atoms with Crippen LogP contribution in [0.25, 0.3) is 22.1 Å². The van der Waals surface area contributed by atoms with Gasteiger partial charge in [-0.15, -0.1) is 0 Å². The number of amides is 3. The minimum absolute atomic E-state index is 0.0239. The second-order valence-corrected chi connectivity index (χ2v) is 16.7. The smallest absolute Gasteiger partial charge is 0.329 e. The van der Waals surface area contributed by atoms with Gasteiger partial charge in [-0.3, -0.25) is 28.8 Å². The molecule has 2 aliphatic carbocycles. The van der Waals surface area contributed by atoms with E-state index in [4.69, 9.17) is 9.97 Å². The zero-order valence-corrected chi connectivity index (χ0v) is 32.5. The summed E-state index contributed by atoms with van der Waals surface area (Å²) < 4.78 is 5.35. The van der Waals surface area contributed by atoms with Crippen LogP contribution in [0.3, 0.4) is 0 Å². The highest BCUT2D eigenvalue weighted by molar-refractivity contribution is 6.01. The number of hydrogen-bond acceptors (Lipinski definition) is 9. The molecule has 6 heterocycles. The van der Waals surface area contributed by atoms with Gasteiger partial charge in [0.1, 0.15) is 23.2 Å². The van der Waals surface area contributed by atoms with Crippen LogP contribution in [0.15, 0.2) is 53.6 Å². The van der Waals surface area contributed by atoms with E-state index in [0.717, 1.165) is 92.2 Å². The number of benzene rings is 1. The summed E-state index contributed by atoms with van der Waals surface area (Å²) in [6.45, 7) is 1.83. The van der Waals surface area contributed by atoms with Crippen molar-refractivity contribution in [2.75, 3.05) is 37.4 Å². The number of pyridine rings is 1. The molecule has 4 fully saturated rings. The first-order chi connectivity index (χ1) is 27.1. The second kappa shape index (κ2) is 14.2. The number of rotatable bonds is 7. The normalized spacial score (nSPS) is 20.6. The fourth-order valence-corrected chi connectivity index (χ4v) is 10.0. The molecule has 0 radical (unpaired) electrons. The Morgan fingerprint density at radius 2 is 1.68 bits per heavy atom. The van der Waals surface area contributed by atoms with Crippen LogP contribution in [0.1, 0.15) is 111 Å². The minimum atomic E-state index is -0.693. The van der Waals surface area contributed by atoms with Crippen molar-refractivity contribution in [2.45, 2.75) is 95.1 Å². The summed E-state index contributed by atoms with van der Waals surface area (Å²) >= 11 is 0. The number of imidazole rings is 1. The van der Waals surface area contributed by atoms with E-state index < -0.39 is 11.9 Å². The zero-order valence-electron chi connectivity index (χ0n) is 32.5. The number of aryl methyl sites for hydroxylation is 1. The van der Waals surface area contributed by atoms with Crippen molar-refractivity contribution in [1.82, 2.24) is 38.9 Å². The summed E-state index contributed by atoms with van der Waals surface area (Å²) in [5.41, 5.74) is 5.37. The third-order valence-electron chi connectivity index (χ3n) is 13.2. The predicted octanol–water partition coefficient (Wildman–Crippen LogP) is 5.96. The Morgan fingerprint density at radius 3 is 2.38 bits per heavy atom. The molecular weight excluding hydrogens is 709 g/mol. The molecular formula is C42H50N10O4. The van der Waals surface area contributed by atoms with E-state index in [2.05, 4.69) is 37.2 Å². The molecule has 2 saturated heterocycles. The van der Waals surface area contributed by atoms with E-state index >= 15 is 0 Å². The van der Waals surface area contributed by atoms with Gasteiger partial charge in [-0.05, 0) is 98.9 Å². The first kappa shape index (κ1) is 36.1. The lowest BCUT2D eigenvalue weighted by Gasteiger charge is -2.46. The molecule has 2 saturated carbocycles. The van der Waals surface area contributed by atoms with Crippen LogP contribution in [-0.2, 0) is 16.6 Å². The third-order valence-corrected chi connectivity index (χ3v) is 13.2. The summed E-state index contributed by atoms with van der Waals surface area (Å²) in [4.78, 5) is 69.4. The van der Waals surface area contributed by atoms with Crippen LogP contribution in [-0.4, -0.2) is 78.5 Å². The minimum Gasteiger partial charge on any atom is -0.370 e. The highest BCUT2D eigenvalue weighted by atomic mass is 16.2. The number of carbonyl (C=O) groups is 3. The van der Waals surface area contributed by atoms with E-state index in [9.17, 15) is 19.2 Å². The number of imide groups is 1. The Labute approximate surface area is 325 Å². The second-order valence-electron chi connectivity index (χ2n) is 16.7. The molecule has 292 valence electrons. The first-order valence-electron chi connectivity index (χ1n) is 20.2. The largest absolute Gasteiger partial charge is 0.370 e. The summed E-state index contributed by atoms with van der Waals surface area (Å²) in [5, 5.41) is 6.58. The van der Waals surface area contributed by atoms with Gasteiger partial charge in [0, 0.05) is 64.5 Å². The van der Waals surface area contributed by atoms with Gasteiger partial charge in [0.05, 0.1) is 16.7 Å². The van der Waals surface area contributed by atoms with E-state index in [-0.39, 0.29) is 30.0 Å². The van der Waals surface area contributed by atoms with Gasteiger partial charge in [0.2, 0.25) is 17.8 Å². The molecule has 2 aliphatic heterocycles. The Morgan fingerprint density at radius 1 is 0.911 bits per heavy atom. The van der Waals surface area contributed by atoms with Crippen molar-refractivity contribution in [3.8, 4) is 0 Å². The van der Waals surface area contributed by atoms with Crippen LogP contribution >= 0.6 is 0 Å². The average molecular weight is 759 g/mol. The molecule has 5 aromatic rings. The molecule has 1 atom stereocenters. The fourth-order valence-electron chi connectivity index (χ4n) is 10.0. The van der Waals surface area contributed by atoms with Crippen LogP contribution in [0, 0.1) is 5.41 Å². The quantitative estimate of drug-likeness (QED) is 0.192. The molecule has 56 heavy (non-hydrogen) atoms. The molecule has 2 N–H and O–H groups in total. The molecule has 3 amide bonds. The molecule has 0 unspecified atom stereocenters. The standard InChI is InChI=1S/C42H50N10O4/c1-48(2)39(55)33-23-28-25-44-40(47-37(28)51(33)29-7-4-5-8-29)45-34-13-11-27(24-43-34)26-15-17-42(18-16-26)19-21-50(22-20-42)30-9-6-10-31-36(30)49(3)41(56)52(31)32-12-14-35(53)46-38(32)54/h6,9-11,13,23-26,29,32H,4-5,7-8,12,14-22H2,1-3H3,(H,46,53,54)(H,43,44,45,47)/t32-/m1/s1. The van der Waals surface area contributed by atoms with Gasteiger partial charge >= 0.3 is 5.69 Å². The van der Waals surface area contributed by atoms with E-state index in [0.29, 0.717) is 35.2 Å². The highest BCUT2D eigenvalue weighted by Gasteiger charge is 2.39. The number of nitrogens with one attached hydrogen (secondary N) is 2. The Kier molecular flexibility index (Phi) is 9.16. The summed E-state index contributed by atoms with van der Waals surface area (Å²) in [6, 6.07) is 11.6. The lowest BCUT2D eigenvalue weighted by Crippen LogP contribution is -2.44. The van der Waals surface area contributed by atoms with Crippen LogP contribution in [0.5, 0.6) is 0 Å². The Hall–Kier alpha value is -5.53. The zero-order chi connectivity index (χ0) is 38.7. The molecule has 14 heteroatoms. The predicted molar refractivity (Wildman–Crippen MR) is 214 cm³/mol. The van der Waals surface area contributed by atoms with Crippen molar-refractivity contribution in [2.24, 2.45) is 12.5 Å². The van der Waals surface area contributed by atoms with Gasteiger partial charge in [-0.2, -0.15) is 4.98 Å². The highest BCUT2D eigenvalue weighted by Crippen LogP contribution is 2.49. The monoisotopic (exact) mass is 758 g/mol. The average Bonchev–Trinajstić information content (AvgIpc) is 3.93. The summed E-state index contributed by atoms with van der Waals surface area (Å²) in [6.07, 6.45) is 15.5. The number of anilines is 3. The van der Waals surface area contributed by atoms with Crippen molar-refractivity contribution in [1.29, 1.82) is 0 Å². The number of nitrogens with zero attached hydrogens (tertiary/aromatic N) is 8. The first-order valence-corrected chi connectivity index (χ1v) is 20.2. The number of para-hydroxylation sites is 1. The molecule has 9 rings (SSSR count). The van der Waals surface area contributed by atoms with E-state index in [1.54, 1.807) is 41.4 Å². The van der Waals surface area contributed by atoms with E-state index in [1.165, 1.54) is 18.4 Å². The van der Waals surface area contributed by atoms with Crippen LogP contribution < -0.4 is 21.2 Å². The number of carbonyl (C=O) groups excluding carboxylic acids is 3. The number of aromatic nitrogens is 6. The Bertz CT molecular complexity index is 2390. The number of fused-ring (bicyclic) bond motifs is 2. The number of hydrogen-bond donors (Lipinski definition) is 2. The molecule has 1 aromatic carbocycles. The van der Waals surface area contributed by atoms with Crippen LogP contribution in [0.2, 0.25) is 0 Å². The number of piperidine rings is 2. The maximum absolute atomic E-state index is 13.5. The SMILES string of the molecule is CN(C)C(=O)c1cc2cnc(Nc3ccc(C4CCC5(CC4)CCN(c4cccc6c4n(C)c(=O)n6[C@@H]4CCC(=O)NC4=O)CC5)cn3)nc2n1C1CCCC1. The van der Waals surface area contributed by atoms with Crippen molar-refractivity contribution >= 4 is 57.2 Å². The summed E-state index contributed by atoms with van der Waals surface area (Å²) in [5.74, 6) is 0.893. The maximum Gasteiger partial charge on any atom is 0.329 e. The lowest BCUT2D eigenvalue weighted by molar-refractivity contribution is -0.135. The Balaban J connectivity index is 0.845. The van der Waals surface area contributed by atoms with Gasteiger partial charge in [-0.1, -0.05) is 25.0 Å². The van der Waals surface area contributed by atoms with Crippen molar-refractivity contribution in [3.63, 3.8) is 0 Å². The molecule has 4 aromatic heterocycles. The molecule has 4 aliphatic rings. The van der Waals surface area contributed by atoms with Crippen molar-refractivity contribution in [3.05, 3.63) is 70.5 Å². The topological polar surface area (TPSA) is 152 Å². The maximum atomic E-state index is 13.5. The molecule has 14 nitrogen and oxygen atoms in total. The fraction of sp³-hybridized carbons (Fsp3) is 0.500. The van der Waals surface area contributed by atoms with E-state index in [1.807, 2.05) is 30.5 Å². The molecule has 1 spiro atoms. The van der Waals surface area contributed by atoms with Gasteiger partial charge < -0.3 is 19.7 Å². The third kappa shape index (κ3) is 6.32. The van der Waals surface area contributed by atoms with Gasteiger partial charge in [-0.25, -0.2) is 14.8 Å².